The first-order valence-electron chi connectivity index (χ1n) is 38.3. The molecule has 654 valence electrons. The van der Waals surface area contributed by atoms with Crippen molar-refractivity contribution in [3.05, 3.63) is 93.2 Å². The molecule has 0 saturated carbocycles. The number of primary amides is 1. The number of aliphatic hydroxyl groups excluding tert-OH is 5. The first-order valence-corrected chi connectivity index (χ1v) is 39.9. The average Bonchev–Trinajstić information content (AvgIpc) is 1.55. The Balaban J connectivity index is 1.02. The number of fused-ring (bicyclic) bond motifs is 2. The van der Waals surface area contributed by atoms with E-state index < -0.39 is 182 Å². The van der Waals surface area contributed by atoms with E-state index in [1.807, 2.05) is 0 Å². The van der Waals surface area contributed by atoms with Crippen LogP contribution in [0.5, 0.6) is 11.5 Å². The van der Waals surface area contributed by atoms with E-state index >= 15 is 0 Å². The fourth-order valence-electron chi connectivity index (χ4n) is 13.7. The van der Waals surface area contributed by atoms with E-state index in [9.17, 15) is 103 Å². The number of thiophene rings is 2. The van der Waals surface area contributed by atoms with Crippen LogP contribution in [0.3, 0.4) is 0 Å². The van der Waals surface area contributed by atoms with E-state index in [0.29, 0.717) is 24.7 Å². The average molecular weight is 1720 g/mol. The Bertz CT molecular complexity index is 4700. The number of rotatable bonds is 43. The van der Waals surface area contributed by atoms with Crippen molar-refractivity contribution in [2.75, 3.05) is 67.2 Å². The number of carbonyl (C=O) groups is 12. The van der Waals surface area contributed by atoms with Crippen molar-refractivity contribution in [3.63, 3.8) is 0 Å². The summed E-state index contributed by atoms with van der Waals surface area (Å²) in [7, 11) is 4.06. The van der Waals surface area contributed by atoms with Crippen molar-refractivity contribution < 1.29 is 141 Å². The third-order valence-electron chi connectivity index (χ3n) is 20.0. The number of imide groups is 1. The van der Waals surface area contributed by atoms with Crippen molar-refractivity contribution in [1.82, 2.24) is 60.2 Å². The van der Waals surface area contributed by atoms with Crippen LogP contribution in [0, 0.1) is 17.8 Å². The predicted octanol–water partition coefficient (Wildman–Crippen LogP) is 0.517. The SMILES string of the molecule is CNC(=O)[C@@H](NC(=O)[C@H](C(C)C)N(C)C(=O)OC(Cc1cn(CCN(CCn2cc(CC(OC(=O)N(C)[C@H](C(N)=O)C(C)C)c3ccc(O[C@@H]4O[C@H](C(=O)O)C[C@H](O)[C@H]4O)c4cc(CCC(=O)O)sc34)nn2)C(=O)COCCOCCN2C(=O)C=CC2=O)nn1)c1ccc(O[C@@H]2O[C@H](C(=O)O)[C@@H](O)[C@H](O)[C@H]2O)c2cc(CCC(=O)O)sc12)C(C)C. The van der Waals surface area contributed by atoms with Crippen LogP contribution >= 0.6 is 22.7 Å². The van der Waals surface area contributed by atoms with Gasteiger partial charge in [0.05, 0.1) is 69.8 Å². The minimum Gasteiger partial charge on any atom is -0.481 e. The molecule has 0 bridgehead atoms. The second kappa shape index (κ2) is 41.8. The van der Waals surface area contributed by atoms with Crippen LogP contribution in [0.2, 0.25) is 0 Å². The standard InChI is InChI=1S/C76H99N13O29S2/c1-36(2)58(69(103)78-7)79-70(104)60(38(5)6)85(9)76(110)117-51(44-13-15-49(46-31-42(120-67(44)46)11-19-57(96)97)114-74-64(101)62(99)63(100)65(118-74)72(107)108)29-40-34-88(83-81-40)23-21-86(55(93)35-112-27-26-111-25-24-89-53(91)16-17-54(89)92)20-22-87-33-39(80-82-87)28-50(116-75(109)84(8)59(37(3)4)68(77)102)43-12-14-48(45-30-41(119-66(43)45)10-18-56(94)95)113-73-61(98)47(90)32-52(115-73)71(105)106/h12-17,30-31,33-34,36-38,47,50-52,58-65,73-74,90,98-101H,10-11,18-29,32,35H2,1-9H3,(H2,77,102)(H,78,103)(H,79,104)(H,94,95)(H,96,97)(H,105,106)(H,107,108)/t47-,50?,51?,52-,58-,59-,60-,61+,62-,63-,64+,65-,73+,74+/m0/s1. The molecule has 120 heavy (non-hydrogen) atoms. The van der Waals surface area contributed by atoms with Gasteiger partial charge in [0, 0.05) is 119 Å². The highest BCUT2D eigenvalue weighted by atomic mass is 32.1. The van der Waals surface area contributed by atoms with E-state index in [-0.39, 0.29) is 136 Å². The summed E-state index contributed by atoms with van der Waals surface area (Å²) in [4.78, 5) is 161. The number of aromatic nitrogens is 6. The summed E-state index contributed by atoms with van der Waals surface area (Å²) in [6, 6.07) is 5.50. The first kappa shape index (κ1) is 92.9. The maximum atomic E-state index is 14.8. The lowest BCUT2D eigenvalue weighted by atomic mass is 9.99. The van der Waals surface area contributed by atoms with Gasteiger partial charge in [-0.1, -0.05) is 64.1 Å². The lowest BCUT2D eigenvalue weighted by molar-refractivity contribution is -0.270. The molecule has 9 rings (SSSR count). The zero-order valence-corrected chi connectivity index (χ0v) is 68.6. The molecule has 14 atom stereocenters. The molecule has 2 fully saturated rings. The van der Waals surface area contributed by atoms with Crippen LogP contribution in [0.1, 0.15) is 105 Å². The quantitative estimate of drug-likeness (QED) is 0.0183. The Hall–Kier alpha value is -10.9. The zero-order chi connectivity index (χ0) is 87.8. The van der Waals surface area contributed by atoms with E-state index in [2.05, 4.69) is 31.3 Å². The highest BCUT2D eigenvalue weighted by molar-refractivity contribution is 7.19. The number of nitrogens with one attached hydrogen (secondary N) is 2. The van der Waals surface area contributed by atoms with Gasteiger partial charge >= 0.3 is 36.1 Å². The van der Waals surface area contributed by atoms with Crippen molar-refractivity contribution in [3.8, 4) is 11.5 Å². The Morgan fingerprint density at radius 1 is 0.608 bits per heavy atom. The fraction of sp³-hybridized carbons (Fsp3) is 0.553. The molecular weight excluding hydrogens is 1620 g/mol. The summed E-state index contributed by atoms with van der Waals surface area (Å²) in [6.07, 6.45) is -17.8. The third kappa shape index (κ3) is 23.6. The lowest BCUT2D eigenvalue weighted by Crippen LogP contribution is -2.61. The second-order valence-electron chi connectivity index (χ2n) is 29.8. The number of amides is 8. The molecule has 0 radical (unpaired) electrons. The number of nitrogens with two attached hydrogens (primary N) is 1. The molecule has 13 N–H and O–H groups in total. The van der Waals surface area contributed by atoms with Gasteiger partial charge in [-0.2, -0.15) is 0 Å². The molecule has 2 aromatic carbocycles. The monoisotopic (exact) mass is 1720 g/mol. The number of hydrogen-bond donors (Lipinski definition) is 12. The van der Waals surface area contributed by atoms with Gasteiger partial charge < -0.3 is 105 Å². The van der Waals surface area contributed by atoms with Gasteiger partial charge in [0.25, 0.3) is 11.8 Å². The van der Waals surface area contributed by atoms with E-state index in [0.717, 1.165) is 49.5 Å². The molecule has 3 aliphatic rings. The largest absolute Gasteiger partial charge is 0.481 e. The number of aliphatic carboxylic acids is 4. The fourth-order valence-corrected chi connectivity index (χ4v) is 16.2. The van der Waals surface area contributed by atoms with E-state index in [4.69, 9.17) is 43.6 Å². The number of benzene rings is 2. The zero-order valence-electron chi connectivity index (χ0n) is 67.0. The topological polar surface area (TPSA) is 585 Å². The van der Waals surface area contributed by atoms with Gasteiger partial charge in [-0.05, 0) is 54.9 Å². The van der Waals surface area contributed by atoms with Gasteiger partial charge in [0.1, 0.15) is 72.9 Å². The highest BCUT2D eigenvalue weighted by Gasteiger charge is 2.49. The molecule has 0 spiro atoms. The summed E-state index contributed by atoms with van der Waals surface area (Å²) in [5.74, 6) is -10.5. The minimum atomic E-state index is -2.07. The van der Waals surface area contributed by atoms with E-state index in [1.54, 1.807) is 53.7 Å². The smallest absolute Gasteiger partial charge is 0.410 e. The number of carboxylic acid groups (broad SMARTS) is 4. The Morgan fingerprint density at radius 3 is 1.56 bits per heavy atom. The van der Waals surface area contributed by atoms with Gasteiger partial charge in [-0.25, -0.2) is 19.2 Å². The van der Waals surface area contributed by atoms with Gasteiger partial charge in [-0.15, -0.1) is 32.9 Å². The Morgan fingerprint density at radius 2 is 1.10 bits per heavy atom. The predicted molar refractivity (Wildman–Crippen MR) is 417 cm³/mol. The molecule has 4 aromatic heterocycles. The second-order valence-corrected chi connectivity index (χ2v) is 32.0. The molecule has 2 saturated heterocycles. The summed E-state index contributed by atoms with van der Waals surface area (Å²) >= 11 is 2.17. The van der Waals surface area contributed by atoms with Crippen LogP contribution in [-0.4, -0.2) is 308 Å². The summed E-state index contributed by atoms with van der Waals surface area (Å²) in [5.41, 5.74) is 6.69. The maximum Gasteiger partial charge on any atom is 0.410 e. The number of nitrogens with zero attached hydrogens (tertiary/aromatic N) is 10. The number of aliphatic hydroxyl groups is 5. The first-order chi connectivity index (χ1) is 56.8. The number of ether oxygens (including phenoxy) is 8. The van der Waals surface area contributed by atoms with Crippen LogP contribution < -0.4 is 25.8 Å². The summed E-state index contributed by atoms with van der Waals surface area (Å²) < 4.78 is 50.6. The molecule has 42 nitrogen and oxygen atoms in total. The van der Waals surface area contributed by atoms with Crippen molar-refractivity contribution >= 4 is 114 Å². The van der Waals surface area contributed by atoms with Crippen molar-refractivity contribution in [2.45, 2.75) is 185 Å². The lowest BCUT2D eigenvalue weighted by Gasteiger charge is -2.38. The Kier molecular flexibility index (Phi) is 32.4. The van der Waals surface area contributed by atoms with Crippen molar-refractivity contribution in [1.29, 1.82) is 0 Å². The Labute approximate surface area is 693 Å². The number of carboxylic acids is 4. The molecule has 8 amide bonds. The molecular formula is C76H99N13O29S2. The van der Waals surface area contributed by atoms with Crippen LogP contribution in [-0.2, 0) is 115 Å². The molecule has 7 heterocycles. The van der Waals surface area contributed by atoms with Crippen LogP contribution in [0.4, 0.5) is 9.59 Å². The van der Waals surface area contributed by atoms with Crippen molar-refractivity contribution in [2.24, 2.45) is 23.5 Å². The number of carbonyl (C=O) groups excluding carboxylic acids is 8. The molecule has 0 aliphatic carbocycles. The summed E-state index contributed by atoms with van der Waals surface area (Å²) in [5, 5.41) is 116. The van der Waals surface area contributed by atoms with Gasteiger partial charge in [-0.3, -0.25) is 62.4 Å². The number of aryl methyl sites for hydroxylation is 2. The molecule has 3 aliphatic heterocycles. The maximum absolute atomic E-state index is 14.8. The minimum absolute atomic E-state index is 0.000284. The third-order valence-corrected chi connectivity index (χ3v) is 22.5. The highest BCUT2D eigenvalue weighted by Crippen LogP contribution is 2.44. The van der Waals surface area contributed by atoms with Crippen LogP contribution in [0.15, 0.2) is 60.9 Å². The van der Waals surface area contributed by atoms with Gasteiger partial charge in [0.2, 0.25) is 36.2 Å². The summed E-state index contributed by atoms with van der Waals surface area (Å²) in [6.45, 7) is 9.01. The van der Waals surface area contributed by atoms with Crippen LogP contribution in [0.25, 0.3) is 20.2 Å². The van der Waals surface area contributed by atoms with Gasteiger partial charge in [0.15, 0.2) is 12.2 Å². The number of hydrogen-bond acceptors (Lipinski definition) is 31. The normalized spacial score (nSPS) is 20.5. The molecule has 2 unspecified atom stereocenters. The molecule has 6 aromatic rings. The van der Waals surface area contributed by atoms with E-state index in [1.165, 1.54) is 72.1 Å². The molecule has 44 heteroatoms. The number of likely N-dealkylation sites (N-methyl/N-ethyl adjacent to an activating group) is 3.